The molecular weight excluding hydrogens is 811 g/mol. The number of ether oxygens (including phenoxy) is 1. The number of hydrogen-bond donors (Lipinski definition) is 2. The van der Waals surface area contributed by atoms with E-state index in [1.165, 1.54) is 12.5 Å². The molecule has 0 bridgehead atoms. The van der Waals surface area contributed by atoms with Gasteiger partial charge in [0.05, 0.1) is 27.9 Å². The molecule has 0 unspecified atom stereocenters. The Labute approximate surface area is 354 Å². The number of carbonyl (C=O) groups excluding carboxylic acids is 5. The minimum Gasteiger partial charge on any atom is -0.490 e. The fourth-order valence-corrected chi connectivity index (χ4v) is 9.29. The molecule has 9 rings (SSSR count). The number of piperidine rings is 2. The van der Waals surface area contributed by atoms with Crippen molar-refractivity contribution in [3.63, 3.8) is 0 Å². The number of rotatable bonds is 10. The average molecular weight is 855 g/mol. The van der Waals surface area contributed by atoms with E-state index in [1.807, 2.05) is 17.0 Å². The third-order valence-corrected chi connectivity index (χ3v) is 12.7. The van der Waals surface area contributed by atoms with Gasteiger partial charge in [-0.25, -0.2) is 4.39 Å². The van der Waals surface area contributed by atoms with Crippen LogP contribution in [0.2, 0.25) is 5.02 Å². The maximum atomic E-state index is 15.4. The van der Waals surface area contributed by atoms with Gasteiger partial charge in [0.25, 0.3) is 17.7 Å². The first-order valence-electron chi connectivity index (χ1n) is 20.7. The van der Waals surface area contributed by atoms with Crippen molar-refractivity contribution in [2.45, 2.75) is 69.6 Å². The van der Waals surface area contributed by atoms with Gasteiger partial charge in [-0.1, -0.05) is 16.8 Å². The van der Waals surface area contributed by atoms with Gasteiger partial charge in [-0.3, -0.25) is 39.1 Å². The molecule has 17 nitrogen and oxygen atoms in total. The van der Waals surface area contributed by atoms with E-state index in [9.17, 15) is 24.0 Å². The van der Waals surface area contributed by atoms with E-state index in [2.05, 4.69) is 40.8 Å². The molecule has 2 N–H and O–H groups in total. The van der Waals surface area contributed by atoms with Crippen LogP contribution in [0.5, 0.6) is 5.75 Å². The summed E-state index contributed by atoms with van der Waals surface area (Å²) in [6.07, 6.45) is 6.35. The number of aromatic nitrogens is 4. The number of benzene rings is 2. The molecule has 61 heavy (non-hydrogen) atoms. The van der Waals surface area contributed by atoms with Crippen molar-refractivity contribution >= 4 is 52.6 Å². The van der Waals surface area contributed by atoms with Gasteiger partial charge >= 0.3 is 0 Å². The van der Waals surface area contributed by atoms with Gasteiger partial charge in [0, 0.05) is 63.8 Å². The normalized spacial score (nSPS) is 22.7. The van der Waals surface area contributed by atoms with Crippen molar-refractivity contribution in [2.75, 3.05) is 55.6 Å². The second-order valence-electron chi connectivity index (χ2n) is 16.3. The van der Waals surface area contributed by atoms with Gasteiger partial charge in [0.1, 0.15) is 17.6 Å². The van der Waals surface area contributed by atoms with Gasteiger partial charge in [-0.2, -0.15) is 4.98 Å². The molecule has 0 radical (unpaired) electrons. The average Bonchev–Trinajstić information content (AvgIpc) is 3.88. The number of imide groups is 2. The highest BCUT2D eigenvalue weighted by Gasteiger charge is 2.45. The van der Waals surface area contributed by atoms with Crippen LogP contribution in [-0.4, -0.2) is 124 Å². The summed E-state index contributed by atoms with van der Waals surface area (Å²) in [6.45, 7) is 5.06. The first kappa shape index (κ1) is 40.4. The van der Waals surface area contributed by atoms with Crippen molar-refractivity contribution in [1.29, 1.82) is 0 Å². The molecule has 4 fully saturated rings. The number of nitrogens with one attached hydrogen (secondary N) is 2. The maximum absolute atomic E-state index is 15.4. The molecule has 4 aliphatic heterocycles. The Kier molecular flexibility index (Phi) is 11.4. The number of halogens is 2. The number of piperazine rings is 1. The number of anilines is 2. The van der Waals surface area contributed by atoms with Gasteiger partial charge in [-0.05, 0) is 93.3 Å². The molecule has 5 aliphatic rings. The molecule has 6 heterocycles. The first-order valence-corrected chi connectivity index (χ1v) is 21.1. The second kappa shape index (κ2) is 17.2. The van der Waals surface area contributed by atoms with E-state index in [0.717, 1.165) is 74.9 Å². The van der Waals surface area contributed by atoms with Crippen molar-refractivity contribution in [1.82, 2.24) is 40.8 Å². The van der Waals surface area contributed by atoms with Crippen LogP contribution < -0.4 is 25.2 Å². The van der Waals surface area contributed by atoms with Gasteiger partial charge in [-0.15, -0.1) is 10.2 Å². The minimum atomic E-state index is -1.10. The molecule has 4 aromatic rings. The van der Waals surface area contributed by atoms with Gasteiger partial charge < -0.3 is 24.4 Å². The molecule has 2 aromatic heterocycles. The van der Waals surface area contributed by atoms with Crippen LogP contribution in [0.15, 0.2) is 53.4 Å². The lowest BCUT2D eigenvalue weighted by atomic mass is 9.92. The Hall–Kier alpha value is -6.01. The van der Waals surface area contributed by atoms with Crippen LogP contribution in [0.1, 0.15) is 82.6 Å². The molecule has 5 amide bonds. The zero-order valence-electron chi connectivity index (χ0n) is 33.2. The molecule has 1 saturated carbocycles. The predicted molar refractivity (Wildman–Crippen MR) is 218 cm³/mol. The standard InChI is InChI=1S/C42H44ClFN10O7/c43-31-19-27(5-6-28(31)38-45-23-60-50-38)61-26-3-1-25(2-4-26)46-39(56)33-7-9-36(49-48-33)53-13-11-24(12-14-53)22-51-15-17-52(18-16-51)35-21-30-29(20-32(35)44)41(58)54(42(30)59)34-8-10-37(55)47-40(34)57/h5-7,9,19-21,23-26,34H,1-4,8,10-18,22H2,(H,46,56)(H,47,55,57)/t25?,26?,34-/m0/s1. The van der Waals surface area contributed by atoms with Gasteiger partial charge in [0.2, 0.25) is 24.0 Å². The third kappa shape index (κ3) is 8.51. The maximum Gasteiger partial charge on any atom is 0.272 e. The lowest BCUT2D eigenvalue weighted by Crippen LogP contribution is -2.54. The number of fused-ring (bicyclic) bond motifs is 1. The van der Waals surface area contributed by atoms with Crippen LogP contribution in [0.25, 0.3) is 11.4 Å². The van der Waals surface area contributed by atoms with Crippen LogP contribution in [0.3, 0.4) is 0 Å². The SMILES string of the molecule is O=C1CC[C@H](N2C(=O)c3cc(F)c(N4CCN(CC5CCN(c6ccc(C(=O)NC7CCC(Oc8ccc(-c9ncon9)c(Cl)c8)CC7)nn6)CC5)CC4)cc3C2=O)C(=O)N1. The van der Waals surface area contributed by atoms with Crippen molar-refractivity contribution in [2.24, 2.45) is 5.92 Å². The minimum absolute atomic E-state index is 0.00815. The lowest BCUT2D eigenvalue weighted by Gasteiger charge is -2.39. The fraction of sp³-hybridized carbons (Fsp3) is 0.452. The number of amides is 5. The molecule has 2 aromatic carbocycles. The first-order chi connectivity index (χ1) is 29.6. The van der Waals surface area contributed by atoms with Crippen molar-refractivity contribution < 1.29 is 37.6 Å². The Morgan fingerprint density at radius 2 is 1.61 bits per heavy atom. The summed E-state index contributed by atoms with van der Waals surface area (Å²) in [7, 11) is 0. The van der Waals surface area contributed by atoms with Gasteiger partial charge in [0.15, 0.2) is 11.5 Å². The Morgan fingerprint density at radius 1 is 0.852 bits per heavy atom. The topological polar surface area (TPSA) is 196 Å². The van der Waals surface area contributed by atoms with E-state index in [-0.39, 0.29) is 53.4 Å². The zero-order valence-corrected chi connectivity index (χ0v) is 34.0. The molecule has 3 saturated heterocycles. The predicted octanol–water partition coefficient (Wildman–Crippen LogP) is 3.88. The summed E-state index contributed by atoms with van der Waals surface area (Å²) < 4.78 is 26.4. The van der Waals surface area contributed by atoms with Crippen LogP contribution in [0.4, 0.5) is 15.9 Å². The Bertz CT molecular complexity index is 2330. The lowest BCUT2D eigenvalue weighted by molar-refractivity contribution is -0.136. The molecule has 0 spiro atoms. The highest BCUT2D eigenvalue weighted by Crippen LogP contribution is 2.34. The summed E-state index contributed by atoms with van der Waals surface area (Å²) in [4.78, 5) is 74.9. The van der Waals surface area contributed by atoms with Crippen LogP contribution >= 0.6 is 11.6 Å². The number of carbonyl (C=O) groups is 5. The molecule has 19 heteroatoms. The Morgan fingerprint density at radius 3 is 2.28 bits per heavy atom. The third-order valence-electron chi connectivity index (χ3n) is 12.4. The monoisotopic (exact) mass is 854 g/mol. The van der Waals surface area contributed by atoms with E-state index in [4.69, 9.17) is 20.9 Å². The van der Waals surface area contributed by atoms with Crippen molar-refractivity contribution in [3.8, 4) is 17.1 Å². The van der Waals surface area contributed by atoms with E-state index in [1.54, 1.807) is 18.2 Å². The van der Waals surface area contributed by atoms with E-state index >= 15 is 4.39 Å². The van der Waals surface area contributed by atoms with Crippen LogP contribution in [-0.2, 0) is 9.59 Å². The highest BCUT2D eigenvalue weighted by molar-refractivity contribution is 6.33. The quantitative estimate of drug-likeness (QED) is 0.218. The summed E-state index contributed by atoms with van der Waals surface area (Å²) in [5, 5.41) is 18.3. The smallest absolute Gasteiger partial charge is 0.272 e. The zero-order chi connectivity index (χ0) is 42.2. The second-order valence-corrected chi connectivity index (χ2v) is 16.7. The summed E-state index contributed by atoms with van der Waals surface area (Å²) in [5.74, 6) is -1.09. The summed E-state index contributed by atoms with van der Waals surface area (Å²) in [6, 6.07) is 10.4. The largest absolute Gasteiger partial charge is 0.490 e. The molecule has 1 aliphatic carbocycles. The number of hydrogen-bond acceptors (Lipinski definition) is 14. The summed E-state index contributed by atoms with van der Waals surface area (Å²) >= 11 is 6.43. The highest BCUT2D eigenvalue weighted by atomic mass is 35.5. The Balaban J connectivity index is 0.699. The molecule has 1 atom stereocenters. The molecule has 318 valence electrons. The van der Waals surface area contributed by atoms with E-state index < -0.39 is 35.5 Å². The van der Waals surface area contributed by atoms with Crippen LogP contribution in [0, 0.1) is 11.7 Å². The fourth-order valence-electron chi connectivity index (χ4n) is 9.03. The van der Waals surface area contributed by atoms with Crippen molar-refractivity contribution in [3.05, 3.63) is 76.5 Å². The summed E-state index contributed by atoms with van der Waals surface area (Å²) in [5.41, 5.74) is 1.19. The molecular formula is C42H44ClFN10O7. The number of nitrogens with zero attached hydrogens (tertiary/aromatic N) is 8. The van der Waals surface area contributed by atoms with E-state index in [0.29, 0.717) is 54.3 Å².